The molecule has 0 radical (unpaired) electrons. The zero-order valence-corrected chi connectivity index (χ0v) is 12.6. The van der Waals surface area contributed by atoms with E-state index in [2.05, 4.69) is 19.2 Å². The van der Waals surface area contributed by atoms with Gasteiger partial charge in [0.1, 0.15) is 0 Å². The average molecular weight is 276 g/mol. The highest BCUT2D eigenvalue weighted by Crippen LogP contribution is 2.35. The van der Waals surface area contributed by atoms with Crippen molar-refractivity contribution in [3.05, 3.63) is 39.4 Å². The molecule has 110 valence electrons. The van der Waals surface area contributed by atoms with E-state index in [-0.39, 0.29) is 10.6 Å². The van der Waals surface area contributed by atoms with Crippen molar-refractivity contribution in [3.8, 4) is 0 Å². The Kier molecular flexibility index (Phi) is 4.43. The molecule has 1 aliphatic rings. The van der Waals surface area contributed by atoms with Crippen molar-refractivity contribution in [2.75, 3.05) is 0 Å². The van der Waals surface area contributed by atoms with Gasteiger partial charge < -0.3 is 5.32 Å². The van der Waals surface area contributed by atoms with Crippen molar-refractivity contribution in [2.45, 2.75) is 59.0 Å². The first-order chi connectivity index (χ1) is 9.42. The smallest absolute Gasteiger partial charge is 0.272 e. The molecule has 1 saturated carbocycles. The van der Waals surface area contributed by atoms with E-state index in [0.29, 0.717) is 18.0 Å². The first-order valence-electron chi connectivity index (χ1n) is 7.38. The van der Waals surface area contributed by atoms with Crippen LogP contribution in [0.1, 0.15) is 50.7 Å². The Hall–Kier alpha value is -1.42. The van der Waals surface area contributed by atoms with Crippen LogP contribution in [0.4, 0.5) is 5.69 Å². The number of nitrogens with zero attached hydrogens (tertiary/aromatic N) is 1. The van der Waals surface area contributed by atoms with Crippen LogP contribution in [0.2, 0.25) is 0 Å². The van der Waals surface area contributed by atoms with Crippen LogP contribution in [-0.2, 0) is 6.54 Å². The minimum atomic E-state index is -0.302. The molecule has 1 aromatic rings. The molecule has 0 spiro atoms. The van der Waals surface area contributed by atoms with E-state index < -0.39 is 0 Å². The van der Waals surface area contributed by atoms with E-state index in [1.807, 2.05) is 13.0 Å². The third-order valence-corrected chi connectivity index (χ3v) is 4.66. The van der Waals surface area contributed by atoms with Crippen LogP contribution >= 0.6 is 0 Å². The number of benzene rings is 1. The van der Waals surface area contributed by atoms with Gasteiger partial charge in [0.2, 0.25) is 0 Å². The maximum Gasteiger partial charge on any atom is 0.272 e. The van der Waals surface area contributed by atoms with Crippen LogP contribution in [0.25, 0.3) is 0 Å². The number of hydrogen-bond acceptors (Lipinski definition) is 3. The monoisotopic (exact) mass is 276 g/mol. The second-order valence-corrected chi connectivity index (χ2v) is 6.49. The van der Waals surface area contributed by atoms with Crippen LogP contribution in [0.5, 0.6) is 0 Å². The Bertz CT molecular complexity index is 497. The highest BCUT2D eigenvalue weighted by atomic mass is 16.6. The SMILES string of the molecule is Cc1c(CNC2CCCCC2(C)C)cccc1[N+](=O)[O-]. The molecule has 0 amide bonds. The maximum atomic E-state index is 11.0. The van der Waals surface area contributed by atoms with Crippen molar-refractivity contribution in [1.82, 2.24) is 5.32 Å². The fourth-order valence-electron chi connectivity index (χ4n) is 3.16. The van der Waals surface area contributed by atoms with Crippen LogP contribution in [0, 0.1) is 22.5 Å². The molecular weight excluding hydrogens is 252 g/mol. The topological polar surface area (TPSA) is 55.2 Å². The van der Waals surface area contributed by atoms with Crippen LogP contribution < -0.4 is 5.32 Å². The molecule has 4 nitrogen and oxygen atoms in total. The van der Waals surface area contributed by atoms with Gasteiger partial charge in [0.25, 0.3) is 5.69 Å². The van der Waals surface area contributed by atoms with E-state index in [9.17, 15) is 10.1 Å². The van der Waals surface area contributed by atoms with Crippen molar-refractivity contribution < 1.29 is 4.92 Å². The second kappa shape index (κ2) is 5.92. The van der Waals surface area contributed by atoms with Gasteiger partial charge in [0, 0.05) is 24.2 Å². The Morgan fingerprint density at radius 1 is 1.40 bits per heavy atom. The van der Waals surface area contributed by atoms with E-state index in [0.717, 1.165) is 11.1 Å². The zero-order valence-electron chi connectivity index (χ0n) is 12.6. The van der Waals surface area contributed by atoms with Gasteiger partial charge in [-0.3, -0.25) is 10.1 Å². The summed E-state index contributed by atoms with van der Waals surface area (Å²) in [6, 6.07) is 5.82. The van der Waals surface area contributed by atoms with Gasteiger partial charge in [-0.1, -0.05) is 38.8 Å². The van der Waals surface area contributed by atoms with Crippen molar-refractivity contribution in [1.29, 1.82) is 0 Å². The Morgan fingerprint density at radius 3 is 2.80 bits per heavy atom. The van der Waals surface area contributed by atoms with Gasteiger partial charge in [-0.15, -0.1) is 0 Å². The molecule has 0 heterocycles. The lowest BCUT2D eigenvalue weighted by Gasteiger charge is -2.39. The number of nitro benzene ring substituents is 1. The van der Waals surface area contributed by atoms with Gasteiger partial charge in [-0.25, -0.2) is 0 Å². The third kappa shape index (κ3) is 3.18. The van der Waals surface area contributed by atoms with Crippen LogP contribution in [0.3, 0.4) is 0 Å². The van der Waals surface area contributed by atoms with Gasteiger partial charge >= 0.3 is 0 Å². The van der Waals surface area contributed by atoms with E-state index in [1.165, 1.54) is 25.7 Å². The zero-order chi connectivity index (χ0) is 14.8. The lowest BCUT2D eigenvalue weighted by atomic mass is 9.73. The van der Waals surface area contributed by atoms with Gasteiger partial charge in [0.15, 0.2) is 0 Å². The molecular formula is C16H24N2O2. The molecule has 1 unspecified atom stereocenters. The quantitative estimate of drug-likeness (QED) is 0.669. The highest BCUT2D eigenvalue weighted by Gasteiger charge is 2.31. The summed E-state index contributed by atoms with van der Waals surface area (Å²) >= 11 is 0. The first-order valence-corrected chi connectivity index (χ1v) is 7.38. The fourth-order valence-corrected chi connectivity index (χ4v) is 3.16. The Balaban J connectivity index is 2.07. The molecule has 1 fully saturated rings. The summed E-state index contributed by atoms with van der Waals surface area (Å²) < 4.78 is 0. The molecule has 0 aliphatic heterocycles. The number of hydrogen-bond donors (Lipinski definition) is 1. The van der Waals surface area contributed by atoms with Crippen molar-refractivity contribution in [3.63, 3.8) is 0 Å². The third-order valence-electron chi connectivity index (χ3n) is 4.66. The molecule has 0 saturated heterocycles. The highest BCUT2D eigenvalue weighted by molar-refractivity contribution is 5.44. The predicted octanol–water partition coefficient (Wildman–Crippen LogP) is 3.96. The minimum absolute atomic E-state index is 0.215. The molecule has 0 bridgehead atoms. The van der Waals surface area contributed by atoms with Crippen LogP contribution in [-0.4, -0.2) is 11.0 Å². The van der Waals surface area contributed by atoms with Crippen molar-refractivity contribution in [2.24, 2.45) is 5.41 Å². The minimum Gasteiger partial charge on any atom is -0.309 e. The maximum absolute atomic E-state index is 11.0. The van der Waals surface area contributed by atoms with Gasteiger partial charge in [-0.05, 0) is 30.7 Å². The summed E-state index contributed by atoms with van der Waals surface area (Å²) in [5.74, 6) is 0. The standard InChI is InChI=1S/C16H24N2O2/c1-12-13(7-6-8-14(12)18(19)20)11-17-15-9-4-5-10-16(15,2)3/h6-8,15,17H,4-5,9-11H2,1-3H3. The number of rotatable bonds is 4. The molecule has 1 N–H and O–H groups in total. The van der Waals surface area contributed by atoms with E-state index >= 15 is 0 Å². The fraction of sp³-hybridized carbons (Fsp3) is 0.625. The second-order valence-electron chi connectivity index (χ2n) is 6.49. The largest absolute Gasteiger partial charge is 0.309 e. The van der Waals surface area contributed by atoms with Gasteiger partial charge in [-0.2, -0.15) is 0 Å². The molecule has 1 aliphatic carbocycles. The Morgan fingerprint density at radius 2 is 2.15 bits per heavy atom. The first kappa shape index (κ1) is 15.0. The molecule has 0 aromatic heterocycles. The van der Waals surface area contributed by atoms with Gasteiger partial charge in [0.05, 0.1) is 4.92 Å². The summed E-state index contributed by atoms with van der Waals surface area (Å²) in [5.41, 5.74) is 2.33. The summed E-state index contributed by atoms with van der Waals surface area (Å²) in [6.07, 6.45) is 5.02. The Labute approximate surface area is 120 Å². The van der Waals surface area contributed by atoms with E-state index in [1.54, 1.807) is 12.1 Å². The molecule has 1 atom stereocenters. The summed E-state index contributed by atoms with van der Waals surface area (Å²) in [5, 5.41) is 14.6. The molecule has 4 heteroatoms. The predicted molar refractivity (Wildman–Crippen MR) is 80.7 cm³/mol. The lowest BCUT2D eigenvalue weighted by molar-refractivity contribution is -0.385. The summed E-state index contributed by atoms with van der Waals surface area (Å²) in [6.45, 7) is 7.16. The summed E-state index contributed by atoms with van der Waals surface area (Å²) in [7, 11) is 0. The van der Waals surface area contributed by atoms with E-state index in [4.69, 9.17) is 0 Å². The average Bonchev–Trinajstić information content (AvgIpc) is 2.38. The normalized spacial score (nSPS) is 21.6. The molecule has 20 heavy (non-hydrogen) atoms. The van der Waals surface area contributed by atoms with Crippen LogP contribution in [0.15, 0.2) is 18.2 Å². The van der Waals surface area contributed by atoms with Crippen molar-refractivity contribution >= 4 is 5.69 Å². The number of nitrogens with one attached hydrogen (secondary N) is 1. The lowest BCUT2D eigenvalue weighted by Crippen LogP contribution is -2.43. The number of nitro groups is 1. The summed E-state index contributed by atoms with van der Waals surface area (Å²) in [4.78, 5) is 10.7. The molecule has 1 aromatic carbocycles. The molecule has 2 rings (SSSR count).